The lowest BCUT2D eigenvalue weighted by Crippen LogP contribution is -2.62. The fourth-order valence-corrected chi connectivity index (χ4v) is 5.55. The van der Waals surface area contributed by atoms with Gasteiger partial charge in [-0.2, -0.15) is 0 Å². The molecule has 3 aliphatic heterocycles. The summed E-state index contributed by atoms with van der Waals surface area (Å²) in [5.41, 5.74) is 10.1. The summed E-state index contributed by atoms with van der Waals surface area (Å²) in [6.45, 7) is 3.27. The number of carbonyl (C=O) groups excluding carboxylic acids is 3. The van der Waals surface area contributed by atoms with Gasteiger partial charge in [-0.1, -0.05) is 42.4 Å². The Morgan fingerprint density at radius 3 is 2.52 bits per heavy atom. The van der Waals surface area contributed by atoms with E-state index in [9.17, 15) is 19.9 Å². The van der Waals surface area contributed by atoms with Crippen LogP contribution in [0.25, 0.3) is 10.4 Å². The molecule has 1 aromatic rings. The van der Waals surface area contributed by atoms with Crippen LogP contribution < -0.4 is 0 Å². The molecule has 0 spiro atoms. The Kier molecular flexibility index (Phi) is 10.6. The molecule has 0 aliphatic carbocycles. The first-order chi connectivity index (χ1) is 19.4. The minimum absolute atomic E-state index is 0.187. The fraction of sp³-hybridized carbons (Fsp3) is 0.654. The molecule has 40 heavy (non-hydrogen) atoms. The molecule has 13 nitrogen and oxygen atoms in total. The second-order valence-corrected chi connectivity index (χ2v) is 10.1. The Morgan fingerprint density at radius 1 is 1.10 bits per heavy atom. The van der Waals surface area contributed by atoms with Gasteiger partial charge in [-0.3, -0.25) is 14.4 Å². The lowest BCUT2D eigenvalue weighted by atomic mass is 9.90. The number of halogens is 1. The summed E-state index contributed by atoms with van der Waals surface area (Å²) in [4.78, 5) is 38.1. The van der Waals surface area contributed by atoms with Gasteiger partial charge in [-0.05, 0) is 23.9 Å². The minimum Gasteiger partial charge on any atom is -0.465 e. The molecule has 14 heteroatoms. The third kappa shape index (κ3) is 7.03. The zero-order valence-corrected chi connectivity index (χ0v) is 22.8. The summed E-state index contributed by atoms with van der Waals surface area (Å²) in [6.07, 6.45) is -5.22. The average Bonchev–Trinajstić information content (AvgIpc) is 3.39. The second kappa shape index (κ2) is 14.1. The van der Waals surface area contributed by atoms with Crippen LogP contribution in [-0.2, 0) is 54.1 Å². The van der Waals surface area contributed by atoms with Gasteiger partial charge in [0.1, 0.15) is 49.0 Å². The molecule has 10 atom stereocenters. The van der Waals surface area contributed by atoms with Gasteiger partial charge in [-0.25, -0.2) is 0 Å². The molecule has 1 aromatic carbocycles. The zero-order valence-electron chi connectivity index (χ0n) is 22.1. The van der Waals surface area contributed by atoms with Crippen molar-refractivity contribution in [3.63, 3.8) is 0 Å². The molecule has 0 amide bonds. The van der Waals surface area contributed by atoms with E-state index in [1.54, 1.807) is 6.92 Å². The number of fused-ring (bicyclic) bond motifs is 2. The summed E-state index contributed by atoms with van der Waals surface area (Å²) in [7, 11) is 0. The smallest absolute Gasteiger partial charge is 0.321 e. The predicted molar refractivity (Wildman–Crippen MR) is 137 cm³/mol. The Labute approximate surface area is 235 Å². The van der Waals surface area contributed by atoms with Gasteiger partial charge in [0.2, 0.25) is 0 Å². The molecule has 4 unspecified atom stereocenters. The van der Waals surface area contributed by atoms with Crippen LogP contribution in [0.1, 0.15) is 32.3 Å². The predicted octanol–water partition coefficient (Wildman–Crippen LogP) is 2.81. The standard InChI is InChI=1S/C26H32ClN3O10/c1-14-22(39-20(33)10-27)19(12-34-13-31)38-26(23(14)35-11-16-6-4-3-5-7-16)40-24-18-9-8-17(37-18)21(29-30-28)25(24)36-15(2)32/h3-7,13-14,17-19,21-26H,8-12H2,1-2H3/t14-,17?,18+,19?,21+,22-,23?,24-,25?,26-/m0/s1. The van der Waals surface area contributed by atoms with E-state index in [2.05, 4.69) is 10.0 Å². The van der Waals surface area contributed by atoms with E-state index in [0.717, 1.165) is 5.56 Å². The number of azide groups is 1. The van der Waals surface area contributed by atoms with Gasteiger partial charge in [-0.15, -0.1) is 11.6 Å². The van der Waals surface area contributed by atoms with Gasteiger partial charge in [0.05, 0.1) is 18.8 Å². The Bertz CT molecular complexity index is 1070. The SMILES string of the molecule is CC(=O)OC1[C@H](N=[N+]=[N-])C2CC[C@@H](O2)[C@@H]1O[C@@H]1OC(COC=O)[C@@H](OC(=O)CCl)[C@H](C)C1OCc1ccccc1. The Morgan fingerprint density at radius 2 is 1.85 bits per heavy atom. The highest BCUT2D eigenvalue weighted by Crippen LogP contribution is 2.41. The Hall–Kier alpha value is -2.93. The van der Waals surface area contributed by atoms with Crippen LogP contribution in [0.5, 0.6) is 0 Å². The maximum atomic E-state index is 12.2. The minimum atomic E-state index is -1.10. The van der Waals surface area contributed by atoms with Crippen LogP contribution in [0.15, 0.2) is 35.4 Å². The number of ether oxygens (including phenoxy) is 7. The molecule has 4 rings (SSSR count). The van der Waals surface area contributed by atoms with Crippen LogP contribution in [0.2, 0.25) is 0 Å². The topological polar surface area (TPSA) is 165 Å². The van der Waals surface area contributed by atoms with Crippen molar-refractivity contribution in [1.82, 2.24) is 0 Å². The number of hydrogen-bond donors (Lipinski definition) is 0. The maximum absolute atomic E-state index is 12.2. The van der Waals surface area contributed by atoms with Crippen LogP contribution >= 0.6 is 11.6 Å². The van der Waals surface area contributed by atoms with Crippen LogP contribution in [0.4, 0.5) is 0 Å². The first-order valence-electron chi connectivity index (χ1n) is 13.0. The van der Waals surface area contributed by atoms with Crippen LogP contribution in [-0.4, -0.2) is 86.0 Å². The average molecular weight is 582 g/mol. The summed E-state index contributed by atoms with van der Waals surface area (Å²) in [5.74, 6) is -2.15. The first-order valence-corrected chi connectivity index (χ1v) is 13.5. The summed E-state index contributed by atoms with van der Waals surface area (Å²) in [6, 6.07) is 8.61. The molecule has 0 aromatic heterocycles. The number of esters is 2. The quantitative estimate of drug-likeness (QED) is 0.0681. The van der Waals surface area contributed by atoms with E-state index in [1.807, 2.05) is 30.3 Å². The van der Waals surface area contributed by atoms with E-state index in [-0.39, 0.29) is 25.6 Å². The van der Waals surface area contributed by atoms with E-state index < -0.39 is 72.9 Å². The van der Waals surface area contributed by atoms with E-state index in [4.69, 9.17) is 44.8 Å². The van der Waals surface area contributed by atoms with Crippen LogP contribution in [0.3, 0.4) is 0 Å². The van der Waals surface area contributed by atoms with Crippen LogP contribution in [0, 0.1) is 5.92 Å². The molecule has 0 radical (unpaired) electrons. The van der Waals surface area contributed by atoms with Crippen molar-refractivity contribution in [3.05, 3.63) is 46.3 Å². The van der Waals surface area contributed by atoms with E-state index in [1.165, 1.54) is 6.92 Å². The number of alkyl halides is 1. The van der Waals surface area contributed by atoms with Gasteiger partial charge < -0.3 is 33.2 Å². The molecule has 218 valence electrons. The molecular weight excluding hydrogens is 550 g/mol. The number of benzene rings is 1. The molecule has 2 bridgehead atoms. The van der Waals surface area contributed by atoms with Gasteiger partial charge in [0, 0.05) is 17.8 Å². The molecule has 3 saturated heterocycles. The highest BCUT2D eigenvalue weighted by Gasteiger charge is 2.55. The van der Waals surface area contributed by atoms with Crippen molar-refractivity contribution in [3.8, 4) is 0 Å². The third-order valence-corrected chi connectivity index (χ3v) is 7.46. The number of carbonyl (C=O) groups is 3. The van der Waals surface area contributed by atoms with Crippen molar-refractivity contribution in [1.29, 1.82) is 0 Å². The van der Waals surface area contributed by atoms with Gasteiger partial charge >= 0.3 is 11.9 Å². The van der Waals surface area contributed by atoms with Crippen molar-refractivity contribution in [2.75, 3.05) is 12.5 Å². The molecular formula is C26H32ClN3O10. The number of nitrogens with zero attached hydrogens (tertiary/aromatic N) is 3. The molecule has 3 fully saturated rings. The van der Waals surface area contributed by atoms with E-state index in [0.29, 0.717) is 12.8 Å². The van der Waals surface area contributed by atoms with Crippen molar-refractivity contribution >= 4 is 30.0 Å². The highest BCUT2D eigenvalue weighted by atomic mass is 35.5. The highest BCUT2D eigenvalue weighted by molar-refractivity contribution is 6.26. The van der Waals surface area contributed by atoms with Crippen molar-refractivity contribution in [2.24, 2.45) is 11.0 Å². The summed E-state index contributed by atoms with van der Waals surface area (Å²) in [5, 5.41) is 3.86. The number of hydrogen-bond acceptors (Lipinski definition) is 11. The lowest BCUT2D eigenvalue weighted by Gasteiger charge is -2.47. The zero-order chi connectivity index (χ0) is 28.6. The molecule has 3 aliphatic rings. The monoisotopic (exact) mass is 581 g/mol. The van der Waals surface area contributed by atoms with Crippen molar-refractivity contribution in [2.45, 2.75) is 88.4 Å². The lowest BCUT2D eigenvalue weighted by molar-refractivity contribution is -0.330. The third-order valence-electron chi connectivity index (χ3n) is 7.24. The van der Waals surface area contributed by atoms with Gasteiger partial charge in [0.25, 0.3) is 6.47 Å². The molecule has 0 N–H and O–H groups in total. The molecule has 0 saturated carbocycles. The van der Waals surface area contributed by atoms with Crippen molar-refractivity contribution < 1.29 is 47.5 Å². The van der Waals surface area contributed by atoms with E-state index >= 15 is 0 Å². The number of rotatable bonds is 12. The fourth-order valence-electron chi connectivity index (χ4n) is 5.49. The first kappa shape index (κ1) is 30.0. The summed E-state index contributed by atoms with van der Waals surface area (Å²) >= 11 is 5.69. The normalized spacial score (nSPS) is 34.8. The maximum Gasteiger partial charge on any atom is 0.321 e. The second-order valence-electron chi connectivity index (χ2n) is 9.84. The molecule has 3 heterocycles. The largest absolute Gasteiger partial charge is 0.465 e. The summed E-state index contributed by atoms with van der Waals surface area (Å²) < 4.78 is 41.2. The Balaban J connectivity index is 1.64. The van der Waals surface area contributed by atoms with Gasteiger partial charge in [0.15, 0.2) is 6.29 Å².